The van der Waals surface area contributed by atoms with Crippen molar-refractivity contribution in [2.45, 2.75) is 51.1 Å². The number of cyclic esters (lactones) is 1. The molecule has 0 aromatic heterocycles. The Bertz CT molecular complexity index is 447. The van der Waals surface area contributed by atoms with E-state index in [4.69, 9.17) is 4.74 Å². The summed E-state index contributed by atoms with van der Waals surface area (Å²) in [7, 11) is 0. The lowest BCUT2D eigenvalue weighted by Crippen LogP contribution is -2.51. The summed E-state index contributed by atoms with van der Waals surface area (Å²) in [5.41, 5.74) is 0. The molecule has 0 saturated carbocycles. The van der Waals surface area contributed by atoms with E-state index in [2.05, 4.69) is 5.32 Å². The molecule has 2 aliphatic heterocycles. The van der Waals surface area contributed by atoms with E-state index in [1.54, 1.807) is 4.90 Å². The predicted molar refractivity (Wildman–Crippen MR) is 76.3 cm³/mol. The van der Waals surface area contributed by atoms with Crippen molar-refractivity contribution in [1.82, 2.24) is 10.2 Å². The zero-order valence-corrected chi connectivity index (χ0v) is 12.3. The summed E-state index contributed by atoms with van der Waals surface area (Å²) in [6, 6.07) is -1.11. The van der Waals surface area contributed by atoms with E-state index in [1.165, 1.54) is 6.92 Å². The zero-order valence-electron chi connectivity index (χ0n) is 12.3. The van der Waals surface area contributed by atoms with Crippen molar-refractivity contribution in [2.24, 2.45) is 0 Å². The second kappa shape index (κ2) is 7.24. The van der Waals surface area contributed by atoms with Crippen LogP contribution in [0.2, 0.25) is 0 Å². The Hall–Kier alpha value is -1.85. The first-order chi connectivity index (χ1) is 10.1. The number of ether oxygens (including phenoxy) is 1. The van der Waals surface area contributed by atoms with E-state index in [9.17, 15) is 14.4 Å². The van der Waals surface area contributed by atoms with Crippen molar-refractivity contribution in [2.75, 3.05) is 13.2 Å². The van der Waals surface area contributed by atoms with Crippen molar-refractivity contribution in [3.63, 3.8) is 0 Å². The minimum atomic E-state index is -0.605. The van der Waals surface area contributed by atoms with Gasteiger partial charge in [0.2, 0.25) is 11.8 Å². The normalized spacial score (nSPS) is 28.9. The number of esters is 1. The molecule has 0 spiro atoms. The zero-order chi connectivity index (χ0) is 15.2. The van der Waals surface area contributed by atoms with Crippen LogP contribution in [0, 0.1) is 0 Å². The molecule has 6 heteroatoms. The molecule has 6 nitrogen and oxygen atoms in total. The van der Waals surface area contributed by atoms with Gasteiger partial charge in [-0.25, -0.2) is 4.79 Å². The van der Waals surface area contributed by atoms with Crippen LogP contribution in [-0.2, 0) is 19.1 Å². The number of carbonyl (C=O) groups is 3. The van der Waals surface area contributed by atoms with Crippen LogP contribution in [0.5, 0.6) is 0 Å². The average Bonchev–Trinajstić information content (AvgIpc) is 2.91. The molecule has 116 valence electrons. The van der Waals surface area contributed by atoms with Crippen LogP contribution < -0.4 is 5.32 Å². The quantitative estimate of drug-likeness (QED) is 0.572. The molecule has 0 aromatic rings. The molecular weight excluding hydrogens is 272 g/mol. The van der Waals surface area contributed by atoms with Gasteiger partial charge in [-0.3, -0.25) is 9.59 Å². The lowest BCUT2D eigenvalue weighted by molar-refractivity contribution is -0.154. The highest BCUT2D eigenvalue weighted by Gasteiger charge is 2.38. The molecule has 0 aliphatic carbocycles. The number of hydrogen-bond acceptors (Lipinski definition) is 4. The Labute approximate surface area is 124 Å². The second-order valence-corrected chi connectivity index (χ2v) is 5.46. The molecule has 1 saturated heterocycles. The topological polar surface area (TPSA) is 75.7 Å². The fraction of sp³-hybridized carbons (Fsp3) is 0.667. The van der Waals surface area contributed by atoms with Crippen LogP contribution in [0.25, 0.3) is 0 Å². The van der Waals surface area contributed by atoms with Gasteiger partial charge in [0, 0.05) is 13.5 Å². The van der Waals surface area contributed by atoms with Crippen LogP contribution in [0.3, 0.4) is 0 Å². The van der Waals surface area contributed by atoms with Crippen molar-refractivity contribution in [3.05, 3.63) is 12.2 Å². The smallest absolute Gasteiger partial charge is 0.328 e. The van der Waals surface area contributed by atoms with Gasteiger partial charge in [0.05, 0.1) is 6.61 Å². The van der Waals surface area contributed by atoms with Crippen LogP contribution in [0.1, 0.15) is 39.0 Å². The van der Waals surface area contributed by atoms with Gasteiger partial charge in [-0.15, -0.1) is 0 Å². The standard InChI is InChI=1S/C15H22N2O4/c1-11(18)16-12-7-4-2-3-5-10-21-15(20)13-8-6-9-17(13)14(12)19/h2,4,12-13H,3,5-10H2,1H3,(H,16,18)/b4-2+/t12-,13+/m1/s1. The first kappa shape index (κ1) is 15.5. The molecular formula is C15H22N2O4. The van der Waals surface area contributed by atoms with Crippen molar-refractivity contribution >= 4 is 17.8 Å². The number of allylic oxidation sites excluding steroid dienone is 1. The van der Waals surface area contributed by atoms with Gasteiger partial charge in [-0.1, -0.05) is 12.2 Å². The maximum atomic E-state index is 12.6. The molecule has 1 N–H and O–H groups in total. The Morgan fingerprint density at radius 2 is 2.14 bits per heavy atom. The second-order valence-electron chi connectivity index (χ2n) is 5.46. The fourth-order valence-electron chi connectivity index (χ4n) is 2.76. The van der Waals surface area contributed by atoms with Gasteiger partial charge in [0.15, 0.2) is 0 Å². The predicted octanol–water partition coefficient (Wildman–Crippen LogP) is 0.765. The van der Waals surface area contributed by atoms with Crippen LogP contribution in [0.4, 0.5) is 0 Å². The summed E-state index contributed by atoms with van der Waals surface area (Å²) in [6.07, 6.45) is 7.31. The number of fused-ring (bicyclic) bond motifs is 1. The molecule has 21 heavy (non-hydrogen) atoms. The molecule has 2 aliphatic rings. The maximum absolute atomic E-state index is 12.6. The number of carbonyl (C=O) groups excluding carboxylic acids is 3. The molecule has 0 bridgehead atoms. The molecule has 2 atom stereocenters. The highest BCUT2D eigenvalue weighted by molar-refractivity contribution is 5.90. The Morgan fingerprint density at radius 1 is 1.33 bits per heavy atom. The highest BCUT2D eigenvalue weighted by atomic mass is 16.5. The fourth-order valence-corrected chi connectivity index (χ4v) is 2.76. The third-order valence-electron chi connectivity index (χ3n) is 3.78. The average molecular weight is 294 g/mol. The van der Waals surface area contributed by atoms with E-state index in [1.807, 2.05) is 12.2 Å². The lowest BCUT2D eigenvalue weighted by Gasteiger charge is -2.28. The van der Waals surface area contributed by atoms with Gasteiger partial charge in [0.25, 0.3) is 0 Å². The molecule has 0 unspecified atom stereocenters. The van der Waals surface area contributed by atoms with E-state index < -0.39 is 12.1 Å². The molecule has 2 rings (SSSR count). The Morgan fingerprint density at radius 3 is 2.90 bits per heavy atom. The Kier molecular flexibility index (Phi) is 5.36. The highest BCUT2D eigenvalue weighted by Crippen LogP contribution is 2.21. The van der Waals surface area contributed by atoms with Gasteiger partial charge >= 0.3 is 5.97 Å². The van der Waals surface area contributed by atoms with Gasteiger partial charge in [0.1, 0.15) is 12.1 Å². The summed E-state index contributed by atoms with van der Waals surface area (Å²) in [5.74, 6) is -0.769. The third kappa shape index (κ3) is 4.06. The first-order valence-corrected chi connectivity index (χ1v) is 7.49. The maximum Gasteiger partial charge on any atom is 0.328 e. The monoisotopic (exact) mass is 294 g/mol. The Balaban J connectivity index is 2.18. The summed E-state index contributed by atoms with van der Waals surface area (Å²) >= 11 is 0. The first-order valence-electron chi connectivity index (χ1n) is 7.49. The summed E-state index contributed by atoms with van der Waals surface area (Å²) in [4.78, 5) is 37.5. The molecule has 0 radical (unpaired) electrons. The lowest BCUT2D eigenvalue weighted by atomic mass is 10.1. The number of rotatable bonds is 1. The number of nitrogens with zero attached hydrogens (tertiary/aromatic N) is 1. The van der Waals surface area contributed by atoms with E-state index in [-0.39, 0.29) is 17.8 Å². The SMILES string of the molecule is CC(=O)N[C@@H]1C/C=C/CCCOC(=O)[C@@H]2CCCN2C1=O. The number of nitrogens with one attached hydrogen (secondary N) is 1. The van der Waals surface area contributed by atoms with Gasteiger partial charge in [-0.05, 0) is 32.1 Å². The van der Waals surface area contributed by atoms with Crippen molar-refractivity contribution < 1.29 is 19.1 Å². The van der Waals surface area contributed by atoms with Crippen LogP contribution >= 0.6 is 0 Å². The summed E-state index contributed by atoms with van der Waals surface area (Å²) in [5, 5.41) is 2.68. The molecule has 1 fully saturated rings. The van der Waals surface area contributed by atoms with E-state index in [0.717, 1.165) is 19.3 Å². The van der Waals surface area contributed by atoms with E-state index >= 15 is 0 Å². The van der Waals surface area contributed by atoms with Crippen molar-refractivity contribution in [3.8, 4) is 0 Å². The number of hydrogen-bond donors (Lipinski definition) is 1. The molecule has 2 amide bonds. The third-order valence-corrected chi connectivity index (χ3v) is 3.78. The summed E-state index contributed by atoms with van der Waals surface area (Å²) < 4.78 is 5.24. The van der Waals surface area contributed by atoms with Gasteiger partial charge < -0.3 is 15.0 Å². The van der Waals surface area contributed by atoms with Crippen LogP contribution in [-0.4, -0.2) is 47.9 Å². The van der Waals surface area contributed by atoms with Crippen LogP contribution in [0.15, 0.2) is 12.2 Å². The molecule has 0 aromatic carbocycles. The minimum Gasteiger partial charge on any atom is -0.464 e. The number of amides is 2. The summed E-state index contributed by atoms with van der Waals surface area (Å²) in [6.45, 7) is 2.32. The van der Waals surface area contributed by atoms with Gasteiger partial charge in [-0.2, -0.15) is 0 Å². The largest absolute Gasteiger partial charge is 0.464 e. The van der Waals surface area contributed by atoms with E-state index in [0.29, 0.717) is 26.0 Å². The van der Waals surface area contributed by atoms with Crippen molar-refractivity contribution in [1.29, 1.82) is 0 Å². The molecule has 2 heterocycles. The minimum absolute atomic E-state index is 0.199.